The number of fused-ring (bicyclic) bond motifs is 2. The number of imidazole rings is 1. The van der Waals surface area contributed by atoms with Crippen LogP contribution in [-0.4, -0.2) is 37.6 Å². The average molecular weight is 363 g/mol. The molecule has 0 spiro atoms. The third-order valence-corrected chi connectivity index (χ3v) is 4.14. The highest BCUT2D eigenvalue weighted by Gasteiger charge is 2.15. The summed E-state index contributed by atoms with van der Waals surface area (Å²) in [4.78, 5) is 28.7. The zero-order chi connectivity index (χ0) is 18.8. The number of esters is 1. The first-order chi connectivity index (χ1) is 13.2. The minimum Gasteiger partial charge on any atom is -0.462 e. The van der Waals surface area contributed by atoms with Gasteiger partial charge in [-0.25, -0.2) is 14.3 Å². The molecule has 0 unspecified atom stereocenters. The van der Waals surface area contributed by atoms with Crippen LogP contribution in [0.25, 0.3) is 16.6 Å². The van der Waals surface area contributed by atoms with Crippen molar-refractivity contribution in [2.45, 2.75) is 13.5 Å². The van der Waals surface area contributed by atoms with Gasteiger partial charge in [-0.2, -0.15) is 5.10 Å². The van der Waals surface area contributed by atoms with E-state index >= 15 is 0 Å². The fourth-order valence-corrected chi connectivity index (χ4v) is 2.92. The maximum absolute atomic E-state index is 12.4. The molecule has 8 heteroatoms. The van der Waals surface area contributed by atoms with E-state index in [4.69, 9.17) is 4.74 Å². The summed E-state index contributed by atoms with van der Waals surface area (Å²) in [5.41, 5.74) is 3.23. The highest BCUT2D eigenvalue weighted by atomic mass is 16.5. The molecule has 0 fully saturated rings. The summed E-state index contributed by atoms with van der Waals surface area (Å²) in [6.07, 6.45) is 4.78. The Balaban J connectivity index is 1.55. The third kappa shape index (κ3) is 3.24. The second-order valence-corrected chi connectivity index (χ2v) is 5.93. The van der Waals surface area contributed by atoms with Crippen LogP contribution in [0.5, 0.6) is 0 Å². The summed E-state index contributed by atoms with van der Waals surface area (Å²) < 4.78 is 8.38. The van der Waals surface area contributed by atoms with Crippen LogP contribution in [0, 0.1) is 0 Å². The molecule has 4 aromatic rings. The molecule has 8 nitrogen and oxygen atoms in total. The summed E-state index contributed by atoms with van der Waals surface area (Å²) in [5, 5.41) is 6.97. The van der Waals surface area contributed by atoms with Gasteiger partial charge in [-0.1, -0.05) is 12.1 Å². The van der Waals surface area contributed by atoms with E-state index in [0.29, 0.717) is 16.8 Å². The number of pyridine rings is 1. The number of aromatic nitrogens is 4. The normalized spacial score (nSPS) is 11.0. The molecule has 3 aromatic heterocycles. The van der Waals surface area contributed by atoms with Crippen molar-refractivity contribution in [3.63, 3.8) is 0 Å². The Bertz CT molecular complexity index is 1140. The SMILES string of the molecule is CCOC(=O)c1cnn2ccc(NC(=O)Cn3cnc4ccccc43)cc12. The molecule has 1 aromatic carbocycles. The number of hydrogen-bond donors (Lipinski definition) is 1. The molecule has 3 heterocycles. The van der Waals surface area contributed by atoms with Crippen LogP contribution in [0.2, 0.25) is 0 Å². The molecule has 27 heavy (non-hydrogen) atoms. The van der Waals surface area contributed by atoms with E-state index in [-0.39, 0.29) is 19.1 Å². The van der Waals surface area contributed by atoms with Gasteiger partial charge in [0.2, 0.25) is 5.91 Å². The quantitative estimate of drug-likeness (QED) is 0.550. The van der Waals surface area contributed by atoms with Crippen LogP contribution in [-0.2, 0) is 16.1 Å². The number of nitrogens with zero attached hydrogens (tertiary/aromatic N) is 4. The van der Waals surface area contributed by atoms with E-state index in [1.165, 1.54) is 6.20 Å². The summed E-state index contributed by atoms with van der Waals surface area (Å²) in [6, 6.07) is 11.0. The van der Waals surface area contributed by atoms with Crippen LogP contribution < -0.4 is 5.32 Å². The number of anilines is 1. The lowest BCUT2D eigenvalue weighted by Crippen LogP contribution is -2.18. The molecule has 0 saturated heterocycles. The average Bonchev–Trinajstić information content (AvgIpc) is 3.26. The maximum atomic E-state index is 12.4. The number of rotatable bonds is 5. The molecular formula is C19H17N5O3. The van der Waals surface area contributed by atoms with Gasteiger partial charge in [-0.15, -0.1) is 0 Å². The molecule has 0 saturated carbocycles. The summed E-state index contributed by atoms with van der Waals surface area (Å²) in [7, 11) is 0. The maximum Gasteiger partial charge on any atom is 0.341 e. The zero-order valence-electron chi connectivity index (χ0n) is 14.6. The Labute approximate surface area is 154 Å². The summed E-state index contributed by atoms with van der Waals surface area (Å²) in [5.74, 6) is -0.638. The number of nitrogens with one attached hydrogen (secondary N) is 1. The molecular weight excluding hydrogens is 346 g/mol. The zero-order valence-corrected chi connectivity index (χ0v) is 14.6. The predicted octanol–water partition coefficient (Wildman–Crippen LogP) is 2.50. The smallest absolute Gasteiger partial charge is 0.341 e. The van der Waals surface area contributed by atoms with Crippen molar-refractivity contribution in [2.75, 3.05) is 11.9 Å². The standard InChI is InChI=1S/C19H17N5O3/c1-2-27-19(26)14-10-21-24-8-7-13(9-17(14)24)22-18(25)11-23-12-20-15-5-3-4-6-16(15)23/h3-10,12H,2,11H2,1H3,(H,22,25). The van der Waals surface area contributed by atoms with Gasteiger partial charge in [-0.3, -0.25) is 4.79 Å². The lowest BCUT2D eigenvalue weighted by atomic mass is 10.2. The van der Waals surface area contributed by atoms with Crippen molar-refractivity contribution in [1.82, 2.24) is 19.2 Å². The van der Waals surface area contributed by atoms with E-state index in [0.717, 1.165) is 11.0 Å². The van der Waals surface area contributed by atoms with Gasteiger partial charge in [0.05, 0.1) is 35.7 Å². The molecule has 0 aliphatic rings. The minimum atomic E-state index is -0.444. The number of para-hydroxylation sites is 2. The summed E-state index contributed by atoms with van der Waals surface area (Å²) in [6.45, 7) is 2.16. The van der Waals surface area contributed by atoms with Crippen molar-refractivity contribution in [3.05, 3.63) is 60.7 Å². The first-order valence-corrected chi connectivity index (χ1v) is 8.50. The van der Waals surface area contributed by atoms with E-state index in [2.05, 4.69) is 15.4 Å². The molecule has 1 amide bonds. The first kappa shape index (κ1) is 16.8. The van der Waals surface area contributed by atoms with Gasteiger partial charge in [0, 0.05) is 11.9 Å². The Hall–Kier alpha value is -3.68. The lowest BCUT2D eigenvalue weighted by molar-refractivity contribution is -0.116. The van der Waals surface area contributed by atoms with E-state index in [9.17, 15) is 9.59 Å². The van der Waals surface area contributed by atoms with E-state index in [1.54, 1.807) is 40.7 Å². The Kier molecular flexibility index (Phi) is 4.29. The van der Waals surface area contributed by atoms with Crippen molar-refractivity contribution >= 4 is 34.1 Å². The largest absolute Gasteiger partial charge is 0.462 e. The third-order valence-electron chi connectivity index (χ3n) is 4.14. The van der Waals surface area contributed by atoms with E-state index < -0.39 is 5.97 Å². The number of hydrogen-bond acceptors (Lipinski definition) is 5. The molecule has 1 N–H and O–H groups in total. The molecule has 0 radical (unpaired) electrons. The van der Waals surface area contributed by atoms with E-state index in [1.807, 2.05) is 24.3 Å². The van der Waals surface area contributed by atoms with Gasteiger partial charge in [-0.05, 0) is 31.2 Å². The Morgan fingerprint density at radius 2 is 2.04 bits per heavy atom. The minimum absolute atomic E-state index is 0.135. The Morgan fingerprint density at radius 1 is 1.19 bits per heavy atom. The van der Waals surface area contributed by atoms with Crippen LogP contribution in [0.4, 0.5) is 5.69 Å². The van der Waals surface area contributed by atoms with Gasteiger partial charge in [0.1, 0.15) is 12.1 Å². The number of carbonyl (C=O) groups excluding carboxylic acids is 2. The number of benzene rings is 1. The molecule has 0 atom stereocenters. The molecule has 0 aliphatic heterocycles. The van der Waals surface area contributed by atoms with Crippen LogP contribution in [0.15, 0.2) is 55.1 Å². The lowest BCUT2D eigenvalue weighted by Gasteiger charge is -2.08. The Morgan fingerprint density at radius 3 is 2.89 bits per heavy atom. The molecule has 136 valence electrons. The number of ether oxygens (including phenoxy) is 1. The van der Waals surface area contributed by atoms with Crippen LogP contribution in [0.1, 0.15) is 17.3 Å². The monoisotopic (exact) mass is 363 g/mol. The predicted molar refractivity (Wildman–Crippen MR) is 99.5 cm³/mol. The van der Waals surface area contributed by atoms with Crippen molar-refractivity contribution in [3.8, 4) is 0 Å². The van der Waals surface area contributed by atoms with Crippen LogP contribution in [0.3, 0.4) is 0 Å². The second-order valence-electron chi connectivity index (χ2n) is 5.93. The molecule has 0 bridgehead atoms. The molecule has 0 aliphatic carbocycles. The van der Waals surface area contributed by atoms with Gasteiger partial charge in [0.15, 0.2) is 0 Å². The van der Waals surface area contributed by atoms with Crippen molar-refractivity contribution in [2.24, 2.45) is 0 Å². The van der Waals surface area contributed by atoms with Gasteiger partial charge >= 0.3 is 5.97 Å². The second kappa shape index (κ2) is 6.91. The van der Waals surface area contributed by atoms with Crippen LogP contribution >= 0.6 is 0 Å². The molecule has 4 rings (SSSR count). The number of carbonyl (C=O) groups is 2. The topological polar surface area (TPSA) is 90.5 Å². The fourth-order valence-electron chi connectivity index (χ4n) is 2.92. The fraction of sp³-hybridized carbons (Fsp3) is 0.158. The summed E-state index contributed by atoms with van der Waals surface area (Å²) >= 11 is 0. The highest BCUT2D eigenvalue weighted by molar-refractivity contribution is 5.98. The van der Waals surface area contributed by atoms with Gasteiger partial charge < -0.3 is 14.6 Å². The first-order valence-electron chi connectivity index (χ1n) is 8.50. The number of amides is 1. The van der Waals surface area contributed by atoms with Gasteiger partial charge in [0.25, 0.3) is 0 Å². The highest BCUT2D eigenvalue weighted by Crippen LogP contribution is 2.18. The van der Waals surface area contributed by atoms with Crippen molar-refractivity contribution < 1.29 is 14.3 Å². The van der Waals surface area contributed by atoms with Crippen molar-refractivity contribution in [1.29, 1.82) is 0 Å².